The summed E-state index contributed by atoms with van der Waals surface area (Å²) in [5.41, 5.74) is 0.183. The number of nitrogens with zero attached hydrogens (tertiary/aromatic N) is 3. The molecule has 10 nitrogen and oxygen atoms in total. The van der Waals surface area contributed by atoms with E-state index in [1.54, 1.807) is 45.9 Å². The molecule has 0 saturated heterocycles. The van der Waals surface area contributed by atoms with Crippen LogP contribution in [-0.2, 0) is 42.1 Å². The number of carbonyl (C=O) groups is 2. The predicted molar refractivity (Wildman–Crippen MR) is 134 cm³/mol. The average Bonchev–Trinajstić information content (AvgIpc) is 3.17. The molecule has 0 aliphatic carbocycles. The van der Waals surface area contributed by atoms with Gasteiger partial charge < -0.3 is 14.2 Å². The number of sulfonamides is 1. The van der Waals surface area contributed by atoms with Crippen LogP contribution in [0, 0.1) is 0 Å². The molecule has 2 aromatic rings. The Morgan fingerprint density at radius 1 is 1.22 bits per heavy atom. The van der Waals surface area contributed by atoms with Gasteiger partial charge in [-0.3, -0.25) is 18.6 Å². The number of hydrogen-bond acceptors (Lipinski definition) is 8. The molecule has 12 heteroatoms. The predicted octanol–water partition coefficient (Wildman–Crippen LogP) is 3.74. The van der Waals surface area contributed by atoms with E-state index >= 15 is 0 Å². The van der Waals surface area contributed by atoms with E-state index in [2.05, 4.69) is 5.10 Å². The molecule has 0 N–H and O–H groups in total. The summed E-state index contributed by atoms with van der Waals surface area (Å²) in [6.07, 6.45) is 1.07. The van der Waals surface area contributed by atoms with Crippen LogP contribution >= 0.6 is 11.6 Å². The topological polar surface area (TPSA) is 117 Å². The summed E-state index contributed by atoms with van der Waals surface area (Å²) >= 11 is 6.20. The quantitative estimate of drug-likeness (QED) is 0.441. The molecule has 2 heterocycles. The summed E-state index contributed by atoms with van der Waals surface area (Å²) in [5.74, 6) is -0.514. The monoisotopic (exact) mass is 541 g/mol. The van der Waals surface area contributed by atoms with Gasteiger partial charge in [-0.05, 0) is 58.7 Å². The molecule has 0 bridgehead atoms. The molecule has 36 heavy (non-hydrogen) atoms. The molecule has 0 amide bonds. The molecule has 0 spiro atoms. The molecule has 3 rings (SSSR count). The van der Waals surface area contributed by atoms with Crippen LogP contribution in [0.1, 0.15) is 53.0 Å². The number of aryl methyl sites for hydroxylation is 1. The van der Waals surface area contributed by atoms with Crippen LogP contribution in [0.4, 0.5) is 5.69 Å². The third-order valence-corrected chi connectivity index (χ3v) is 7.45. The Kier molecular flexibility index (Phi) is 8.55. The second-order valence-corrected chi connectivity index (χ2v) is 11.5. The number of aromatic nitrogens is 2. The lowest BCUT2D eigenvalue weighted by molar-refractivity contribution is -0.154. The summed E-state index contributed by atoms with van der Waals surface area (Å²) in [7, 11) is -4.15. The van der Waals surface area contributed by atoms with Crippen LogP contribution in [0.2, 0.25) is 5.15 Å². The highest BCUT2D eigenvalue weighted by atomic mass is 35.5. The Labute approximate surface area is 216 Å². The molecule has 0 saturated carbocycles. The van der Waals surface area contributed by atoms with E-state index in [1.807, 2.05) is 6.92 Å². The summed E-state index contributed by atoms with van der Waals surface area (Å²) in [4.78, 5) is 24.1. The van der Waals surface area contributed by atoms with Gasteiger partial charge >= 0.3 is 11.9 Å². The highest BCUT2D eigenvalue weighted by Crippen LogP contribution is 2.39. The molecule has 0 unspecified atom stereocenters. The summed E-state index contributed by atoms with van der Waals surface area (Å²) in [5, 5.41) is 3.92. The van der Waals surface area contributed by atoms with Gasteiger partial charge in [0.2, 0.25) is 0 Å². The number of esters is 2. The Balaban J connectivity index is 1.97. The lowest BCUT2D eigenvalue weighted by Crippen LogP contribution is -2.43. The number of fused-ring (bicyclic) bond motifs is 1. The Morgan fingerprint density at radius 3 is 2.56 bits per heavy atom. The highest BCUT2D eigenvalue weighted by molar-refractivity contribution is 7.93. The van der Waals surface area contributed by atoms with Crippen molar-refractivity contribution >= 4 is 39.3 Å². The van der Waals surface area contributed by atoms with Crippen LogP contribution in [-0.4, -0.2) is 55.0 Å². The molecule has 1 atom stereocenters. The van der Waals surface area contributed by atoms with Crippen molar-refractivity contribution in [2.24, 2.45) is 0 Å². The molecule has 198 valence electrons. The van der Waals surface area contributed by atoms with Gasteiger partial charge in [0.15, 0.2) is 5.15 Å². The molecule has 1 aromatic heterocycles. The van der Waals surface area contributed by atoms with E-state index in [4.69, 9.17) is 25.8 Å². The molecule has 0 radical (unpaired) electrons. The Hall–Kier alpha value is -2.79. The van der Waals surface area contributed by atoms with Gasteiger partial charge in [-0.15, -0.1) is 0 Å². The lowest BCUT2D eigenvalue weighted by atomic mass is 10.1. The van der Waals surface area contributed by atoms with Crippen molar-refractivity contribution in [3.63, 3.8) is 0 Å². The lowest BCUT2D eigenvalue weighted by Gasteiger charge is -2.35. The maximum absolute atomic E-state index is 13.8. The number of ether oxygens (including phenoxy) is 3. The SMILES string of the molecule is CCOC(=O)CC[C@H]1CN(S(=O)(=O)c2cn(CC)nc2Cl)c2cc(CC(=O)OC(C)(C)C)ccc2O1. The van der Waals surface area contributed by atoms with Gasteiger partial charge in [0, 0.05) is 19.2 Å². The van der Waals surface area contributed by atoms with Crippen LogP contribution in [0.3, 0.4) is 0 Å². The van der Waals surface area contributed by atoms with Gasteiger partial charge in [0.25, 0.3) is 10.0 Å². The number of anilines is 1. The highest BCUT2D eigenvalue weighted by Gasteiger charge is 2.37. The van der Waals surface area contributed by atoms with Crippen molar-refractivity contribution in [2.45, 2.75) is 77.0 Å². The number of hydrogen-bond donors (Lipinski definition) is 0. The zero-order valence-electron chi connectivity index (χ0n) is 21.1. The van der Waals surface area contributed by atoms with E-state index < -0.39 is 27.7 Å². The first-order valence-corrected chi connectivity index (χ1v) is 13.6. The van der Waals surface area contributed by atoms with Gasteiger partial charge in [0.05, 0.1) is 25.3 Å². The van der Waals surface area contributed by atoms with E-state index in [9.17, 15) is 18.0 Å². The molecule has 1 aromatic carbocycles. The molecular weight excluding hydrogens is 510 g/mol. The first-order chi connectivity index (χ1) is 16.8. The standard InChI is InChI=1S/C24H32ClN3O7S/c1-6-27-15-20(23(25)26-27)36(31,32)28-14-17(9-11-21(29)33-7-2)34-19-10-8-16(12-18(19)28)13-22(30)35-24(3,4)5/h8,10,12,15,17H,6-7,9,11,13-14H2,1-5H3/t17-/m0/s1. The normalized spacial score (nSPS) is 15.7. The summed E-state index contributed by atoms with van der Waals surface area (Å²) in [6.45, 7) is 9.50. The van der Waals surface area contributed by atoms with Crippen molar-refractivity contribution < 1.29 is 32.2 Å². The first-order valence-electron chi connectivity index (χ1n) is 11.8. The second kappa shape index (κ2) is 11.1. The zero-order valence-corrected chi connectivity index (χ0v) is 22.7. The Bertz CT molecular complexity index is 1220. The van der Waals surface area contributed by atoms with Crippen molar-refractivity contribution in [3.8, 4) is 5.75 Å². The second-order valence-electron chi connectivity index (χ2n) is 9.32. The van der Waals surface area contributed by atoms with Crippen LogP contribution in [0.25, 0.3) is 0 Å². The fourth-order valence-corrected chi connectivity index (χ4v) is 5.68. The van der Waals surface area contributed by atoms with Gasteiger partial charge in [-0.25, -0.2) is 8.42 Å². The first kappa shape index (κ1) is 27.8. The van der Waals surface area contributed by atoms with Gasteiger partial charge in [-0.2, -0.15) is 5.10 Å². The minimum atomic E-state index is -4.15. The van der Waals surface area contributed by atoms with E-state index in [0.717, 1.165) is 0 Å². The third-order valence-electron chi connectivity index (χ3n) is 5.28. The minimum absolute atomic E-state index is 0.0424. The smallest absolute Gasteiger partial charge is 0.310 e. The molecule has 0 fully saturated rings. The number of benzene rings is 1. The van der Waals surface area contributed by atoms with Crippen LogP contribution < -0.4 is 9.04 Å². The van der Waals surface area contributed by atoms with Crippen molar-refractivity contribution in [1.29, 1.82) is 0 Å². The van der Waals surface area contributed by atoms with Crippen LogP contribution in [0.15, 0.2) is 29.3 Å². The maximum Gasteiger partial charge on any atom is 0.310 e. The third kappa shape index (κ3) is 6.70. The molecule has 1 aliphatic heterocycles. The number of carbonyl (C=O) groups excluding carboxylic acids is 2. The maximum atomic E-state index is 13.8. The fourth-order valence-electron chi connectivity index (χ4n) is 3.73. The molecular formula is C24H32ClN3O7S. The van der Waals surface area contributed by atoms with Crippen molar-refractivity contribution in [1.82, 2.24) is 9.78 Å². The number of rotatable bonds is 9. The Morgan fingerprint density at radius 2 is 1.94 bits per heavy atom. The zero-order chi connectivity index (χ0) is 26.7. The van der Waals surface area contributed by atoms with Gasteiger partial charge in [-0.1, -0.05) is 17.7 Å². The van der Waals surface area contributed by atoms with Crippen molar-refractivity contribution in [3.05, 3.63) is 35.1 Å². The van der Waals surface area contributed by atoms with Gasteiger partial charge in [0.1, 0.15) is 22.4 Å². The minimum Gasteiger partial charge on any atom is -0.486 e. The van der Waals surface area contributed by atoms with E-state index in [-0.39, 0.29) is 54.1 Å². The fraction of sp³-hybridized carbons (Fsp3) is 0.542. The number of halogens is 1. The largest absolute Gasteiger partial charge is 0.486 e. The summed E-state index contributed by atoms with van der Waals surface area (Å²) < 4.78 is 46.6. The molecule has 1 aliphatic rings. The average molecular weight is 542 g/mol. The van der Waals surface area contributed by atoms with E-state index in [0.29, 0.717) is 17.9 Å². The van der Waals surface area contributed by atoms with Crippen LogP contribution in [0.5, 0.6) is 5.75 Å². The summed E-state index contributed by atoms with van der Waals surface area (Å²) in [6, 6.07) is 4.89. The van der Waals surface area contributed by atoms with E-state index in [1.165, 1.54) is 15.2 Å². The van der Waals surface area contributed by atoms with Crippen molar-refractivity contribution in [2.75, 3.05) is 17.5 Å².